The average Bonchev–Trinajstić information content (AvgIpc) is 2.41. The Kier molecular flexibility index (Phi) is 3.95. The van der Waals surface area contributed by atoms with Crippen LogP contribution in [0, 0.1) is 5.82 Å². The quantitative estimate of drug-likeness (QED) is 0.896. The Morgan fingerprint density at radius 1 is 1.06 bits per heavy atom. The molecule has 0 fully saturated rings. The van der Waals surface area contributed by atoms with Gasteiger partial charge in [-0.1, -0.05) is 24.3 Å². The first-order valence-electron chi connectivity index (χ1n) is 5.94. The van der Waals surface area contributed by atoms with Crippen LogP contribution in [0.2, 0.25) is 0 Å². The molecule has 0 heterocycles. The van der Waals surface area contributed by atoms with Crippen LogP contribution in [0.4, 0.5) is 10.1 Å². The van der Waals surface area contributed by atoms with Gasteiger partial charge < -0.3 is 10.6 Å². The van der Waals surface area contributed by atoms with Crippen LogP contribution in [0.3, 0.4) is 0 Å². The fourth-order valence-electron chi connectivity index (χ4n) is 1.97. The van der Waals surface area contributed by atoms with E-state index >= 15 is 0 Å². The van der Waals surface area contributed by atoms with E-state index in [1.165, 1.54) is 12.1 Å². The SMILES string of the molecule is CN(Cc1ccc(F)cc1CN)c1ccccc1. The first-order chi connectivity index (χ1) is 8.70. The molecule has 3 heteroatoms. The zero-order valence-corrected chi connectivity index (χ0v) is 10.4. The van der Waals surface area contributed by atoms with Gasteiger partial charge in [0.15, 0.2) is 0 Å². The molecular formula is C15H17FN2. The Morgan fingerprint density at radius 3 is 2.44 bits per heavy atom. The van der Waals surface area contributed by atoms with E-state index in [9.17, 15) is 4.39 Å². The van der Waals surface area contributed by atoms with Crippen LogP contribution in [0.25, 0.3) is 0 Å². The van der Waals surface area contributed by atoms with Crippen molar-refractivity contribution in [1.29, 1.82) is 0 Å². The highest BCUT2D eigenvalue weighted by molar-refractivity contribution is 5.46. The summed E-state index contributed by atoms with van der Waals surface area (Å²) in [4.78, 5) is 2.12. The fourth-order valence-corrected chi connectivity index (χ4v) is 1.97. The summed E-state index contributed by atoms with van der Waals surface area (Å²) in [6, 6.07) is 14.9. The lowest BCUT2D eigenvalue weighted by molar-refractivity contribution is 0.624. The Balaban J connectivity index is 2.19. The van der Waals surface area contributed by atoms with Crippen molar-refractivity contribution in [3.05, 3.63) is 65.5 Å². The van der Waals surface area contributed by atoms with Gasteiger partial charge in [0.25, 0.3) is 0 Å². The van der Waals surface area contributed by atoms with Gasteiger partial charge in [-0.15, -0.1) is 0 Å². The third kappa shape index (κ3) is 2.87. The molecule has 2 nitrogen and oxygen atoms in total. The molecule has 0 aliphatic heterocycles. The van der Waals surface area contributed by atoms with Crippen molar-refractivity contribution in [3.8, 4) is 0 Å². The lowest BCUT2D eigenvalue weighted by atomic mass is 10.1. The molecule has 0 amide bonds. The van der Waals surface area contributed by atoms with Crippen molar-refractivity contribution in [2.45, 2.75) is 13.1 Å². The van der Waals surface area contributed by atoms with E-state index in [2.05, 4.69) is 4.90 Å². The third-order valence-electron chi connectivity index (χ3n) is 2.99. The number of hydrogen-bond acceptors (Lipinski definition) is 2. The van der Waals surface area contributed by atoms with E-state index in [0.717, 1.165) is 23.4 Å². The Labute approximate surface area is 107 Å². The first kappa shape index (κ1) is 12.6. The maximum absolute atomic E-state index is 13.1. The first-order valence-corrected chi connectivity index (χ1v) is 5.94. The van der Waals surface area contributed by atoms with Gasteiger partial charge in [-0.25, -0.2) is 4.39 Å². The maximum Gasteiger partial charge on any atom is 0.123 e. The lowest BCUT2D eigenvalue weighted by Crippen LogP contribution is -2.18. The largest absolute Gasteiger partial charge is 0.370 e. The number of nitrogens with two attached hydrogens (primary N) is 1. The Bertz CT molecular complexity index is 511. The van der Waals surface area contributed by atoms with Crippen LogP contribution in [0.15, 0.2) is 48.5 Å². The summed E-state index contributed by atoms with van der Waals surface area (Å²) in [5.41, 5.74) is 8.70. The van der Waals surface area contributed by atoms with Gasteiger partial charge in [0, 0.05) is 25.8 Å². The number of halogens is 1. The van der Waals surface area contributed by atoms with Gasteiger partial charge in [-0.05, 0) is 35.4 Å². The third-order valence-corrected chi connectivity index (χ3v) is 2.99. The molecule has 0 saturated heterocycles. The highest BCUT2D eigenvalue weighted by atomic mass is 19.1. The minimum Gasteiger partial charge on any atom is -0.370 e. The number of anilines is 1. The van der Waals surface area contributed by atoms with Crippen LogP contribution < -0.4 is 10.6 Å². The molecule has 2 rings (SSSR count). The minimum atomic E-state index is -0.235. The molecule has 0 saturated carbocycles. The molecule has 0 aliphatic carbocycles. The van der Waals surface area contributed by atoms with Crippen molar-refractivity contribution in [1.82, 2.24) is 0 Å². The highest BCUT2D eigenvalue weighted by Gasteiger charge is 2.06. The van der Waals surface area contributed by atoms with Crippen molar-refractivity contribution in [2.75, 3.05) is 11.9 Å². The van der Waals surface area contributed by atoms with E-state index in [1.807, 2.05) is 37.4 Å². The molecule has 0 aromatic heterocycles. The molecule has 0 unspecified atom stereocenters. The monoisotopic (exact) mass is 244 g/mol. The molecule has 2 aromatic rings. The second-order valence-corrected chi connectivity index (χ2v) is 4.31. The predicted octanol–water partition coefficient (Wildman–Crippen LogP) is 2.92. The second-order valence-electron chi connectivity index (χ2n) is 4.31. The molecule has 2 aromatic carbocycles. The van der Waals surface area contributed by atoms with E-state index < -0.39 is 0 Å². The highest BCUT2D eigenvalue weighted by Crippen LogP contribution is 2.17. The fraction of sp³-hybridized carbons (Fsp3) is 0.200. The van der Waals surface area contributed by atoms with Gasteiger partial charge in [-0.3, -0.25) is 0 Å². The summed E-state index contributed by atoms with van der Waals surface area (Å²) in [5, 5.41) is 0. The van der Waals surface area contributed by atoms with E-state index in [0.29, 0.717) is 6.54 Å². The zero-order chi connectivity index (χ0) is 13.0. The summed E-state index contributed by atoms with van der Waals surface area (Å²) in [6.07, 6.45) is 0. The molecule has 18 heavy (non-hydrogen) atoms. The number of rotatable bonds is 4. The summed E-state index contributed by atoms with van der Waals surface area (Å²) in [5.74, 6) is -0.235. The Hall–Kier alpha value is -1.87. The molecule has 0 radical (unpaired) electrons. The molecule has 2 N–H and O–H groups in total. The van der Waals surface area contributed by atoms with Crippen LogP contribution in [-0.2, 0) is 13.1 Å². The number of para-hydroxylation sites is 1. The zero-order valence-electron chi connectivity index (χ0n) is 10.4. The number of benzene rings is 2. The maximum atomic E-state index is 13.1. The van der Waals surface area contributed by atoms with E-state index in [1.54, 1.807) is 6.07 Å². The Morgan fingerprint density at radius 2 is 1.78 bits per heavy atom. The van der Waals surface area contributed by atoms with Crippen molar-refractivity contribution in [3.63, 3.8) is 0 Å². The minimum absolute atomic E-state index is 0.235. The molecular weight excluding hydrogens is 227 g/mol. The topological polar surface area (TPSA) is 29.3 Å². The number of hydrogen-bond donors (Lipinski definition) is 1. The molecule has 0 spiro atoms. The molecule has 94 valence electrons. The molecule has 0 aliphatic rings. The smallest absolute Gasteiger partial charge is 0.123 e. The second kappa shape index (κ2) is 5.65. The van der Waals surface area contributed by atoms with Crippen molar-refractivity contribution >= 4 is 5.69 Å². The van der Waals surface area contributed by atoms with Crippen molar-refractivity contribution < 1.29 is 4.39 Å². The van der Waals surface area contributed by atoms with E-state index in [4.69, 9.17) is 5.73 Å². The summed E-state index contributed by atoms with van der Waals surface area (Å²) in [6.45, 7) is 1.08. The normalized spacial score (nSPS) is 10.4. The van der Waals surface area contributed by atoms with Gasteiger partial charge in [0.1, 0.15) is 5.82 Å². The van der Waals surface area contributed by atoms with Crippen LogP contribution in [0.5, 0.6) is 0 Å². The van der Waals surface area contributed by atoms with Gasteiger partial charge in [0.2, 0.25) is 0 Å². The van der Waals surface area contributed by atoms with Gasteiger partial charge in [0.05, 0.1) is 0 Å². The van der Waals surface area contributed by atoms with E-state index in [-0.39, 0.29) is 5.82 Å². The van der Waals surface area contributed by atoms with Gasteiger partial charge >= 0.3 is 0 Å². The van der Waals surface area contributed by atoms with Gasteiger partial charge in [-0.2, -0.15) is 0 Å². The van der Waals surface area contributed by atoms with Crippen LogP contribution in [-0.4, -0.2) is 7.05 Å². The van der Waals surface area contributed by atoms with Crippen LogP contribution >= 0.6 is 0 Å². The molecule has 0 atom stereocenters. The lowest BCUT2D eigenvalue weighted by Gasteiger charge is -2.21. The molecule has 0 bridgehead atoms. The van der Waals surface area contributed by atoms with Crippen molar-refractivity contribution in [2.24, 2.45) is 5.73 Å². The summed E-state index contributed by atoms with van der Waals surface area (Å²) >= 11 is 0. The predicted molar refractivity (Wildman–Crippen MR) is 72.8 cm³/mol. The standard InChI is InChI=1S/C15H17FN2/c1-18(15-5-3-2-4-6-15)11-12-7-8-14(16)9-13(12)10-17/h2-9H,10-11,17H2,1H3. The number of nitrogens with zero attached hydrogens (tertiary/aromatic N) is 1. The summed E-state index contributed by atoms with van der Waals surface area (Å²) in [7, 11) is 2.01. The summed E-state index contributed by atoms with van der Waals surface area (Å²) < 4.78 is 13.1. The average molecular weight is 244 g/mol. The van der Waals surface area contributed by atoms with Crippen LogP contribution in [0.1, 0.15) is 11.1 Å².